The normalized spacial score (nSPS) is 15.9. The minimum Gasteiger partial charge on any atom is -0.379 e. The second kappa shape index (κ2) is 8.08. The van der Waals surface area contributed by atoms with Gasteiger partial charge in [0, 0.05) is 24.2 Å². The number of hydrogen-bond acceptors (Lipinski definition) is 4. The van der Waals surface area contributed by atoms with Crippen LogP contribution in [0.25, 0.3) is 6.08 Å². The van der Waals surface area contributed by atoms with Crippen molar-refractivity contribution >= 4 is 21.9 Å². The number of carbonyl (C=O) groups is 1. The van der Waals surface area contributed by atoms with E-state index in [2.05, 4.69) is 0 Å². The predicted molar refractivity (Wildman–Crippen MR) is 95.7 cm³/mol. The first-order valence-corrected chi connectivity index (χ1v) is 9.67. The monoisotopic (exact) mass is 393 g/mol. The molecule has 142 valence electrons. The molecule has 8 heteroatoms. The van der Waals surface area contributed by atoms with Crippen LogP contribution in [-0.2, 0) is 14.8 Å². The average Bonchev–Trinajstić information content (AvgIpc) is 2.69. The van der Waals surface area contributed by atoms with E-state index in [0.717, 1.165) is 24.3 Å². The van der Waals surface area contributed by atoms with Crippen LogP contribution < -0.4 is 0 Å². The van der Waals surface area contributed by atoms with E-state index < -0.39 is 27.4 Å². The standard InChI is InChI=1S/C19H17F2NO4S/c20-16-4-7-18(21)15(13-16)3-8-19(23)14-1-5-17(6-2-14)27(24,25)22-9-11-26-12-10-22/h1-8,13H,9-12H2/b8-3+. The van der Waals surface area contributed by atoms with Gasteiger partial charge in [-0.3, -0.25) is 4.79 Å². The summed E-state index contributed by atoms with van der Waals surface area (Å²) in [6.07, 6.45) is 2.29. The molecule has 0 bridgehead atoms. The number of halogens is 2. The SMILES string of the molecule is O=C(/C=C/c1cc(F)ccc1F)c1ccc(S(=O)(=O)N2CCOCC2)cc1. The second-order valence-corrected chi connectivity index (χ2v) is 7.84. The minimum atomic E-state index is -3.64. The number of morpholine rings is 1. The van der Waals surface area contributed by atoms with Gasteiger partial charge in [-0.15, -0.1) is 0 Å². The lowest BCUT2D eigenvalue weighted by atomic mass is 10.1. The molecular weight excluding hydrogens is 376 g/mol. The van der Waals surface area contributed by atoms with Gasteiger partial charge in [-0.05, 0) is 54.6 Å². The molecule has 1 saturated heterocycles. The van der Waals surface area contributed by atoms with Crippen molar-refractivity contribution in [3.63, 3.8) is 0 Å². The highest BCUT2D eigenvalue weighted by molar-refractivity contribution is 7.89. The first-order valence-electron chi connectivity index (χ1n) is 8.23. The van der Waals surface area contributed by atoms with E-state index >= 15 is 0 Å². The first-order chi connectivity index (χ1) is 12.9. The molecule has 0 unspecified atom stereocenters. The summed E-state index contributed by atoms with van der Waals surface area (Å²) >= 11 is 0. The van der Waals surface area contributed by atoms with Gasteiger partial charge in [-0.2, -0.15) is 4.31 Å². The van der Waals surface area contributed by atoms with Crippen molar-refractivity contribution in [1.29, 1.82) is 0 Å². The van der Waals surface area contributed by atoms with Gasteiger partial charge < -0.3 is 4.74 Å². The lowest BCUT2D eigenvalue weighted by molar-refractivity contribution is 0.0730. The lowest BCUT2D eigenvalue weighted by Gasteiger charge is -2.26. The molecule has 2 aromatic carbocycles. The van der Waals surface area contributed by atoms with Crippen LogP contribution in [0.4, 0.5) is 8.78 Å². The number of rotatable bonds is 5. The molecule has 1 aliphatic heterocycles. The number of sulfonamides is 1. The summed E-state index contributed by atoms with van der Waals surface area (Å²) in [7, 11) is -3.64. The average molecular weight is 393 g/mol. The van der Waals surface area contributed by atoms with Gasteiger partial charge in [0.25, 0.3) is 0 Å². The number of benzene rings is 2. The summed E-state index contributed by atoms with van der Waals surface area (Å²) in [6, 6.07) is 8.44. The van der Waals surface area contributed by atoms with E-state index in [0.29, 0.717) is 13.2 Å². The van der Waals surface area contributed by atoms with Gasteiger partial charge in [-0.25, -0.2) is 17.2 Å². The van der Waals surface area contributed by atoms with Crippen LogP contribution in [0, 0.1) is 11.6 Å². The van der Waals surface area contributed by atoms with Crippen LogP contribution in [0.5, 0.6) is 0 Å². The van der Waals surface area contributed by atoms with Gasteiger partial charge in [0.05, 0.1) is 18.1 Å². The van der Waals surface area contributed by atoms with Crippen molar-refractivity contribution in [2.24, 2.45) is 0 Å². The molecule has 0 saturated carbocycles. The molecule has 5 nitrogen and oxygen atoms in total. The van der Waals surface area contributed by atoms with Gasteiger partial charge >= 0.3 is 0 Å². The lowest BCUT2D eigenvalue weighted by Crippen LogP contribution is -2.40. The number of nitrogens with zero attached hydrogens (tertiary/aromatic N) is 1. The van der Waals surface area contributed by atoms with E-state index in [4.69, 9.17) is 4.74 Å². The molecule has 0 radical (unpaired) electrons. The van der Waals surface area contributed by atoms with Crippen LogP contribution in [0.1, 0.15) is 15.9 Å². The van der Waals surface area contributed by atoms with E-state index in [1.807, 2.05) is 0 Å². The molecule has 0 N–H and O–H groups in total. The molecule has 0 amide bonds. The Hall–Kier alpha value is -2.42. The Morgan fingerprint density at radius 2 is 1.70 bits per heavy atom. The first kappa shape index (κ1) is 19.3. The van der Waals surface area contributed by atoms with Gasteiger partial charge in [0.1, 0.15) is 11.6 Å². The van der Waals surface area contributed by atoms with Crippen molar-refractivity contribution < 1.29 is 26.7 Å². The van der Waals surface area contributed by atoms with Crippen molar-refractivity contribution in [2.45, 2.75) is 4.90 Å². The molecule has 0 aliphatic carbocycles. The molecule has 0 atom stereocenters. The third-order valence-corrected chi connectivity index (χ3v) is 6.03. The van der Waals surface area contributed by atoms with Crippen molar-refractivity contribution in [3.05, 3.63) is 71.3 Å². The molecule has 2 aromatic rings. The number of hydrogen-bond donors (Lipinski definition) is 0. The van der Waals surface area contributed by atoms with Gasteiger partial charge in [-0.1, -0.05) is 0 Å². The Balaban J connectivity index is 1.75. The van der Waals surface area contributed by atoms with Crippen molar-refractivity contribution in [1.82, 2.24) is 4.31 Å². The summed E-state index contributed by atoms with van der Waals surface area (Å²) in [6.45, 7) is 1.25. The fourth-order valence-electron chi connectivity index (χ4n) is 2.63. The molecule has 1 heterocycles. The largest absolute Gasteiger partial charge is 0.379 e. The maximum atomic E-state index is 13.6. The topological polar surface area (TPSA) is 63.7 Å². The Labute approximate surface area is 155 Å². The summed E-state index contributed by atoms with van der Waals surface area (Å²) in [5, 5.41) is 0. The van der Waals surface area contributed by atoms with Crippen LogP contribution in [-0.4, -0.2) is 44.8 Å². The Bertz CT molecular complexity index is 966. The number of allylic oxidation sites excluding steroid dienone is 1. The number of carbonyl (C=O) groups excluding carboxylic acids is 1. The van der Waals surface area contributed by atoms with E-state index in [9.17, 15) is 22.0 Å². The van der Waals surface area contributed by atoms with E-state index in [1.165, 1.54) is 34.6 Å². The maximum Gasteiger partial charge on any atom is 0.243 e. The Morgan fingerprint density at radius 1 is 1.04 bits per heavy atom. The predicted octanol–water partition coefficient (Wildman–Crippen LogP) is 2.88. The fraction of sp³-hybridized carbons (Fsp3) is 0.211. The molecular formula is C19H17F2NO4S. The quantitative estimate of drug-likeness (QED) is 0.579. The minimum absolute atomic E-state index is 0.0464. The fourth-order valence-corrected chi connectivity index (χ4v) is 4.04. The number of ketones is 1. The highest BCUT2D eigenvalue weighted by atomic mass is 32.2. The zero-order valence-corrected chi connectivity index (χ0v) is 15.1. The van der Waals surface area contributed by atoms with Crippen molar-refractivity contribution in [3.8, 4) is 0 Å². The summed E-state index contributed by atoms with van der Waals surface area (Å²) in [4.78, 5) is 12.3. The van der Waals surface area contributed by atoms with Crippen molar-refractivity contribution in [2.75, 3.05) is 26.3 Å². The summed E-state index contributed by atoms with van der Waals surface area (Å²) < 4.78 is 58.3. The number of ether oxygens (including phenoxy) is 1. The van der Waals surface area contributed by atoms with Crippen LogP contribution in [0.2, 0.25) is 0 Å². The summed E-state index contributed by atoms with van der Waals surface area (Å²) in [5.41, 5.74) is 0.193. The van der Waals surface area contributed by atoms with Gasteiger partial charge in [0.2, 0.25) is 10.0 Å². The van der Waals surface area contributed by atoms with Crippen LogP contribution >= 0.6 is 0 Å². The van der Waals surface area contributed by atoms with E-state index in [1.54, 1.807) is 0 Å². The highest BCUT2D eigenvalue weighted by Gasteiger charge is 2.26. The smallest absolute Gasteiger partial charge is 0.243 e. The highest BCUT2D eigenvalue weighted by Crippen LogP contribution is 2.18. The second-order valence-electron chi connectivity index (χ2n) is 5.90. The zero-order chi connectivity index (χ0) is 19.4. The Morgan fingerprint density at radius 3 is 2.37 bits per heavy atom. The Kier molecular flexibility index (Phi) is 5.79. The molecule has 1 fully saturated rings. The van der Waals surface area contributed by atoms with Crippen LogP contribution in [0.15, 0.2) is 53.4 Å². The molecule has 0 spiro atoms. The summed E-state index contributed by atoms with van der Waals surface area (Å²) in [5.74, 6) is -1.71. The van der Waals surface area contributed by atoms with E-state index in [-0.39, 0.29) is 29.1 Å². The third-order valence-electron chi connectivity index (χ3n) is 4.12. The molecule has 3 rings (SSSR count). The molecule has 1 aliphatic rings. The maximum absolute atomic E-state index is 13.6. The zero-order valence-electron chi connectivity index (χ0n) is 14.3. The molecule has 27 heavy (non-hydrogen) atoms. The molecule has 0 aromatic heterocycles. The van der Waals surface area contributed by atoms with Gasteiger partial charge in [0.15, 0.2) is 5.78 Å². The van der Waals surface area contributed by atoms with Crippen LogP contribution in [0.3, 0.4) is 0 Å². The third kappa shape index (κ3) is 4.47.